The lowest BCUT2D eigenvalue weighted by molar-refractivity contribution is -0.140. The minimum Gasteiger partial charge on any atom is -0.490 e. The summed E-state index contributed by atoms with van der Waals surface area (Å²) in [5.41, 5.74) is 7.60. The third-order valence-corrected chi connectivity index (χ3v) is 5.79. The topological polar surface area (TPSA) is 110 Å². The molecule has 1 heterocycles. The highest BCUT2D eigenvalue weighted by atomic mass is 16.5. The van der Waals surface area contributed by atoms with E-state index in [4.69, 9.17) is 10.5 Å². The molecule has 2 aromatic rings. The second-order valence-electron chi connectivity index (χ2n) is 9.01. The van der Waals surface area contributed by atoms with Crippen LogP contribution in [0.25, 0.3) is 0 Å². The Morgan fingerprint density at radius 2 is 1.76 bits per heavy atom. The smallest absolute Gasteiger partial charge is 0.326 e. The van der Waals surface area contributed by atoms with Crippen molar-refractivity contribution in [1.82, 2.24) is 0 Å². The fraction of sp³-hybridized carbons (Fsp3) is 0.423. The van der Waals surface area contributed by atoms with E-state index in [9.17, 15) is 19.5 Å². The van der Waals surface area contributed by atoms with Crippen LogP contribution in [0.5, 0.6) is 5.75 Å². The summed E-state index contributed by atoms with van der Waals surface area (Å²) in [7, 11) is 0. The Kier molecular flexibility index (Phi) is 7.87. The van der Waals surface area contributed by atoms with Gasteiger partial charge in [0.2, 0.25) is 5.91 Å². The van der Waals surface area contributed by atoms with Crippen molar-refractivity contribution in [2.24, 2.45) is 11.7 Å². The lowest BCUT2D eigenvalue weighted by Gasteiger charge is -2.32. The molecule has 3 unspecified atom stereocenters. The van der Waals surface area contributed by atoms with Crippen LogP contribution in [0.2, 0.25) is 0 Å². The van der Waals surface area contributed by atoms with Crippen molar-refractivity contribution in [1.29, 1.82) is 0 Å². The molecule has 33 heavy (non-hydrogen) atoms. The monoisotopic (exact) mass is 452 g/mol. The van der Waals surface area contributed by atoms with E-state index in [1.807, 2.05) is 38.1 Å². The number of hydrogen-bond donors (Lipinski definition) is 2. The van der Waals surface area contributed by atoms with Crippen molar-refractivity contribution in [3.8, 4) is 5.75 Å². The second kappa shape index (κ2) is 10.6. The van der Waals surface area contributed by atoms with E-state index in [0.29, 0.717) is 12.0 Å². The fourth-order valence-electron chi connectivity index (χ4n) is 4.18. The first-order valence-electron chi connectivity index (χ1n) is 11.4. The molecule has 0 aromatic heterocycles. The number of anilines is 1. The Morgan fingerprint density at radius 1 is 1.09 bits per heavy atom. The molecule has 1 amide bonds. The quantitative estimate of drug-likeness (QED) is 0.530. The third-order valence-electron chi connectivity index (χ3n) is 5.79. The summed E-state index contributed by atoms with van der Waals surface area (Å²) < 4.78 is 5.94. The molecule has 176 valence electrons. The van der Waals surface area contributed by atoms with E-state index in [-0.39, 0.29) is 36.3 Å². The SMILES string of the molecule is CC(C)CC(C(=O)O)N(C(=O)C(C)N)c1ccccc1C(=O)CCC1Cc2ccccc2O1. The van der Waals surface area contributed by atoms with E-state index in [2.05, 4.69) is 0 Å². The van der Waals surface area contributed by atoms with E-state index >= 15 is 0 Å². The van der Waals surface area contributed by atoms with Crippen LogP contribution in [0, 0.1) is 5.92 Å². The first kappa shape index (κ1) is 24.5. The lowest BCUT2D eigenvalue weighted by Crippen LogP contribution is -2.52. The van der Waals surface area contributed by atoms with Crippen LogP contribution in [0.3, 0.4) is 0 Å². The third kappa shape index (κ3) is 5.79. The number of carboxylic acids is 1. The number of rotatable bonds is 10. The molecule has 0 bridgehead atoms. The highest BCUT2D eigenvalue weighted by Crippen LogP contribution is 2.31. The van der Waals surface area contributed by atoms with Crippen molar-refractivity contribution < 1.29 is 24.2 Å². The molecule has 0 saturated heterocycles. The number of aliphatic carboxylic acids is 1. The maximum absolute atomic E-state index is 13.2. The zero-order valence-electron chi connectivity index (χ0n) is 19.4. The highest BCUT2D eigenvalue weighted by molar-refractivity contribution is 6.09. The number of carboxylic acid groups (broad SMARTS) is 1. The first-order valence-corrected chi connectivity index (χ1v) is 11.4. The maximum atomic E-state index is 13.2. The van der Waals surface area contributed by atoms with Crippen LogP contribution in [-0.4, -0.2) is 41.0 Å². The molecule has 7 heteroatoms. The molecule has 1 aliphatic rings. The Labute approximate surface area is 194 Å². The number of ketones is 1. The van der Waals surface area contributed by atoms with Crippen LogP contribution in [-0.2, 0) is 16.0 Å². The summed E-state index contributed by atoms with van der Waals surface area (Å²) in [6.07, 6.45) is 1.64. The normalized spacial score (nSPS) is 16.6. The molecule has 3 rings (SSSR count). The number of para-hydroxylation sites is 2. The molecular formula is C26H32N2O5. The number of carbonyl (C=O) groups excluding carboxylic acids is 2. The molecule has 7 nitrogen and oxygen atoms in total. The van der Waals surface area contributed by atoms with Crippen LogP contribution in [0.1, 0.15) is 56.0 Å². The number of amides is 1. The zero-order chi connectivity index (χ0) is 24.1. The Bertz CT molecular complexity index is 992. The van der Waals surface area contributed by atoms with Gasteiger partial charge in [0.15, 0.2) is 5.78 Å². The van der Waals surface area contributed by atoms with Gasteiger partial charge in [-0.3, -0.25) is 14.5 Å². The van der Waals surface area contributed by atoms with Crippen molar-refractivity contribution in [3.05, 3.63) is 59.7 Å². The van der Waals surface area contributed by atoms with Crippen LogP contribution in [0.4, 0.5) is 5.69 Å². The first-order chi connectivity index (χ1) is 15.7. The number of hydrogen-bond acceptors (Lipinski definition) is 5. The Balaban J connectivity index is 1.84. The van der Waals surface area contributed by atoms with Crippen molar-refractivity contribution in [3.63, 3.8) is 0 Å². The summed E-state index contributed by atoms with van der Waals surface area (Å²) in [6, 6.07) is 12.5. The van der Waals surface area contributed by atoms with Gasteiger partial charge in [0.1, 0.15) is 17.9 Å². The molecule has 0 spiro atoms. The van der Waals surface area contributed by atoms with Crippen molar-refractivity contribution in [2.75, 3.05) is 4.90 Å². The fourth-order valence-corrected chi connectivity index (χ4v) is 4.18. The molecule has 0 aliphatic carbocycles. The molecule has 3 atom stereocenters. The van der Waals surface area contributed by atoms with E-state index in [0.717, 1.165) is 17.7 Å². The molecule has 0 radical (unpaired) electrons. The number of nitrogens with two attached hydrogens (primary N) is 1. The van der Waals surface area contributed by atoms with Crippen LogP contribution in [0.15, 0.2) is 48.5 Å². The number of carbonyl (C=O) groups is 3. The average molecular weight is 453 g/mol. The highest BCUT2D eigenvalue weighted by Gasteiger charge is 2.35. The Morgan fingerprint density at radius 3 is 2.39 bits per heavy atom. The van der Waals surface area contributed by atoms with Gasteiger partial charge in [-0.05, 0) is 49.4 Å². The van der Waals surface area contributed by atoms with E-state index < -0.39 is 24.0 Å². The van der Waals surface area contributed by atoms with Crippen molar-refractivity contribution >= 4 is 23.3 Å². The predicted molar refractivity (Wildman–Crippen MR) is 127 cm³/mol. The minimum absolute atomic E-state index is 0.0264. The van der Waals surface area contributed by atoms with Gasteiger partial charge in [0.25, 0.3) is 0 Å². The van der Waals surface area contributed by atoms with Gasteiger partial charge in [0, 0.05) is 18.4 Å². The number of benzene rings is 2. The van der Waals surface area contributed by atoms with Gasteiger partial charge in [-0.25, -0.2) is 4.79 Å². The Hall–Kier alpha value is -3.19. The van der Waals surface area contributed by atoms with Gasteiger partial charge in [-0.15, -0.1) is 0 Å². The summed E-state index contributed by atoms with van der Waals surface area (Å²) in [4.78, 5) is 39.6. The largest absolute Gasteiger partial charge is 0.490 e. The molecular weight excluding hydrogens is 420 g/mol. The second-order valence-corrected chi connectivity index (χ2v) is 9.01. The molecule has 1 aliphatic heterocycles. The standard InChI is InChI=1S/C26H32N2O5/c1-16(2)14-22(26(31)32)28(25(30)17(3)27)21-10-6-5-9-20(21)23(29)13-12-19-15-18-8-4-7-11-24(18)33-19/h4-11,16-17,19,22H,12-15,27H2,1-3H3,(H,31,32). The van der Waals surface area contributed by atoms with Gasteiger partial charge in [0.05, 0.1) is 11.7 Å². The summed E-state index contributed by atoms with van der Waals surface area (Å²) in [5.74, 6) is -0.947. The summed E-state index contributed by atoms with van der Waals surface area (Å²) >= 11 is 0. The van der Waals surface area contributed by atoms with Gasteiger partial charge < -0.3 is 15.6 Å². The minimum atomic E-state index is -1.13. The number of ether oxygens (including phenoxy) is 1. The molecule has 0 fully saturated rings. The summed E-state index contributed by atoms with van der Waals surface area (Å²) in [5, 5.41) is 9.91. The lowest BCUT2D eigenvalue weighted by atomic mass is 9.97. The summed E-state index contributed by atoms with van der Waals surface area (Å²) in [6.45, 7) is 5.30. The van der Waals surface area contributed by atoms with Crippen LogP contribution < -0.4 is 15.4 Å². The number of nitrogens with zero attached hydrogens (tertiary/aromatic N) is 1. The maximum Gasteiger partial charge on any atom is 0.326 e. The number of Topliss-reactive ketones (excluding diaryl/α,β-unsaturated/α-hetero) is 1. The molecule has 3 N–H and O–H groups in total. The van der Waals surface area contributed by atoms with Gasteiger partial charge in [-0.1, -0.05) is 44.2 Å². The predicted octanol–water partition coefficient (Wildman–Crippen LogP) is 3.83. The van der Waals surface area contributed by atoms with Crippen LogP contribution >= 0.6 is 0 Å². The van der Waals surface area contributed by atoms with Gasteiger partial charge >= 0.3 is 5.97 Å². The zero-order valence-corrected chi connectivity index (χ0v) is 19.4. The molecule has 2 aromatic carbocycles. The van der Waals surface area contributed by atoms with E-state index in [1.165, 1.54) is 11.8 Å². The van der Waals surface area contributed by atoms with Gasteiger partial charge in [-0.2, -0.15) is 0 Å². The van der Waals surface area contributed by atoms with E-state index in [1.54, 1.807) is 24.3 Å². The number of fused-ring (bicyclic) bond motifs is 1. The average Bonchev–Trinajstić information content (AvgIpc) is 3.20. The molecule has 0 saturated carbocycles. The van der Waals surface area contributed by atoms with Crippen molar-refractivity contribution in [2.45, 2.75) is 64.6 Å².